The van der Waals surface area contributed by atoms with Crippen LogP contribution in [0.3, 0.4) is 0 Å². The highest BCUT2D eigenvalue weighted by atomic mass is 32.1. The van der Waals surface area contributed by atoms with E-state index in [2.05, 4.69) is 54.2 Å². The lowest BCUT2D eigenvalue weighted by Crippen LogP contribution is -2.22. The highest BCUT2D eigenvalue weighted by molar-refractivity contribution is 7.07. The van der Waals surface area contributed by atoms with Crippen molar-refractivity contribution in [3.05, 3.63) is 51.7 Å². The molecule has 3 heteroatoms. The summed E-state index contributed by atoms with van der Waals surface area (Å²) in [5.41, 5.74) is 3.97. The minimum absolute atomic E-state index is 0.342. The number of nitrogens with one attached hydrogen (secondary N) is 1. The van der Waals surface area contributed by atoms with E-state index in [1.165, 1.54) is 16.7 Å². The van der Waals surface area contributed by atoms with Gasteiger partial charge in [0.15, 0.2) is 0 Å². The first-order valence-electron chi connectivity index (χ1n) is 7.13. The van der Waals surface area contributed by atoms with Gasteiger partial charge in [-0.15, -0.1) is 0 Å². The van der Waals surface area contributed by atoms with E-state index in [9.17, 15) is 0 Å². The molecule has 0 spiro atoms. The smallest absolute Gasteiger partial charge is 0.123 e. The highest BCUT2D eigenvalue weighted by Crippen LogP contribution is 2.29. The Kier molecular flexibility index (Phi) is 5.62. The molecular formula is C17H23NOS. The number of aryl methyl sites for hydroxylation is 2. The van der Waals surface area contributed by atoms with E-state index in [0.717, 1.165) is 25.1 Å². The Labute approximate surface area is 125 Å². The zero-order chi connectivity index (χ0) is 14.4. The molecule has 2 rings (SSSR count). The Balaban J connectivity index is 2.16. The number of ether oxygens (including phenoxy) is 1. The Morgan fingerprint density at radius 2 is 2.15 bits per heavy atom. The first kappa shape index (κ1) is 15.1. The normalized spacial score (nSPS) is 12.3. The summed E-state index contributed by atoms with van der Waals surface area (Å²) in [6.07, 6.45) is 2.18. The van der Waals surface area contributed by atoms with Crippen LogP contribution in [0.1, 0.15) is 36.1 Å². The monoisotopic (exact) mass is 289 g/mol. The van der Waals surface area contributed by atoms with Crippen LogP contribution in [-0.2, 0) is 6.42 Å². The number of hydrogen-bond acceptors (Lipinski definition) is 3. The van der Waals surface area contributed by atoms with Crippen molar-refractivity contribution in [2.24, 2.45) is 0 Å². The minimum atomic E-state index is 0.342. The summed E-state index contributed by atoms with van der Waals surface area (Å²) in [6, 6.07) is 8.96. The third-order valence-electron chi connectivity index (χ3n) is 3.51. The fourth-order valence-corrected chi connectivity index (χ4v) is 3.19. The van der Waals surface area contributed by atoms with Gasteiger partial charge in [0, 0.05) is 11.6 Å². The molecule has 0 bridgehead atoms. The molecule has 1 heterocycles. The lowest BCUT2D eigenvalue weighted by Gasteiger charge is -2.21. The van der Waals surface area contributed by atoms with Gasteiger partial charge in [-0.1, -0.05) is 24.6 Å². The SMILES string of the molecule is CCNC(CCc1ccsc1)c1cc(C)ccc1OC. The predicted molar refractivity (Wildman–Crippen MR) is 86.8 cm³/mol. The number of rotatable bonds is 7. The molecule has 0 saturated heterocycles. The predicted octanol–water partition coefficient (Wildman–Crippen LogP) is 4.35. The fraction of sp³-hybridized carbons (Fsp3) is 0.412. The first-order chi connectivity index (χ1) is 9.74. The van der Waals surface area contributed by atoms with Crippen LogP contribution in [-0.4, -0.2) is 13.7 Å². The summed E-state index contributed by atoms with van der Waals surface area (Å²) < 4.78 is 5.53. The van der Waals surface area contributed by atoms with Crippen molar-refractivity contribution in [3.63, 3.8) is 0 Å². The molecule has 0 amide bonds. The summed E-state index contributed by atoms with van der Waals surface area (Å²) in [4.78, 5) is 0. The largest absolute Gasteiger partial charge is 0.496 e. The molecule has 0 radical (unpaired) electrons. The summed E-state index contributed by atoms with van der Waals surface area (Å²) >= 11 is 1.77. The molecule has 1 aromatic carbocycles. The topological polar surface area (TPSA) is 21.3 Å². The van der Waals surface area contributed by atoms with E-state index in [0.29, 0.717) is 6.04 Å². The maximum atomic E-state index is 5.53. The third-order valence-corrected chi connectivity index (χ3v) is 4.24. The van der Waals surface area contributed by atoms with Gasteiger partial charge >= 0.3 is 0 Å². The van der Waals surface area contributed by atoms with Crippen LogP contribution >= 0.6 is 11.3 Å². The van der Waals surface area contributed by atoms with Crippen LogP contribution in [0, 0.1) is 6.92 Å². The molecule has 0 fully saturated rings. The molecule has 0 saturated carbocycles. The van der Waals surface area contributed by atoms with Crippen LogP contribution in [0.25, 0.3) is 0 Å². The van der Waals surface area contributed by atoms with Crippen molar-refractivity contribution >= 4 is 11.3 Å². The number of benzene rings is 1. The molecule has 1 atom stereocenters. The van der Waals surface area contributed by atoms with Gasteiger partial charge in [0.1, 0.15) is 5.75 Å². The summed E-state index contributed by atoms with van der Waals surface area (Å²) in [5, 5.41) is 7.96. The van der Waals surface area contributed by atoms with Crippen molar-refractivity contribution < 1.29 is 4.74 Å². The lowest BCUT2D eigenvalue weighted by molar-refractivity contribution is 0.396. The second-order valence-corrected chi connectivity index (χ2v) is 5.81. The maximum absolute atomic E-state index is 5.53. The molecule has 1 aromatic heterocycles. The molecule has 20 heavy (non-hydrogen) atoms. The standard InChI is InChI=1S/C17H23NOS/c1-4-18-16(7-6-14-9-10-20-12-14)15-11-13(2)5-8-17(15)19-3/h5,8-12,16,18H,4,6-7H2,1-3H3. The van der Waals surface area contributed by atoms with E-state index < -0.39 is 0 Å². The average Bonchev–Trinajstić information content (AvgIpc) is 2.96. The molecule has 108 valence electrons. The molecule has 0 aliphatic rings. The highest BCUT2D eigenvalue weighted by Gasteiger charge is 2.15. The van der Waals surface area contributed by atoms with Crippen LogP contribution in [0.4, 0.5) is 0 Å². The van der Waals surface area contributed by atoms with Crippen molar-refractivity contribution in [2.45, 2.75) is 32.7 Å². The van der Waals surface area contributed by atoms with E-state index in [1.807, 2.05) is 0 Å². The zero-order valence-corrected chi connectivity index (χ0v) is 13.3. The molecule has 1 N–H and O–H groups in total. The van der Waals surface area contributed by atoms with Gasteiger partial charge in [0.25, 0.3) is 0 Å². The molecule has 0 aliphatic carbocycles. The van der Waals surface area contributed by atoms with E-state index >= 15 is 0 Å². The van der Waals surface area contributed by atoms with Gasteiger partial charge in [-0.25, -0.2) is 0 Å². The number of methoxy groups -OCH3 is 1. The number of thiophene rings is 1. The van der Waals surface area contributed by atoms with Gasteiger partial charge in [-0.2, -0.15) is 11.3 Å². The minimum Gasteiger partial charge on any atom is -0.496 e. The molecule has 0 aliphatic heterocycles. The van der Waals surface area contributed by atoms with Gasteiger partial charge in [0.2, 0.25) is 0 Å². The van der Waals surface area contributed by atoms with Gasteiger partial charge in [-0.3, -0.25) is 0 Å². The van der Waals surface area contributed by atoms with Crippen LogP contribution in [0.5, 0.6) is 5.75 Å². The zero-order valence-electron chi connectivity index (χ0n) is 12.5. The summed E-state index contributed by atoms with van der Waals surface area (Å²) in [6.45, 7) is 5.25. The molecular weight excluding hydrogens is 266 g/mol. The Morgan fingerprint density at radius 1 is 1.30 bits per heavy atom. The van der Waals surface area contributed by atoms with Crippen LogP contribution in [0.2, 0.25) is 0 Å². The van der Waals surface area contributed by atoms with E-state index in [-0.39, 0.29) is 0 Å². The van der Waals surface area contributed by atoms with E-state index in [1.54, 1.807) is 18.4 Å². The fourth-order valence-electron chi connectivity index (χ4n) is 2.49. The summed E-state index contributed by atoms with van der Waals surface area (Å²) in [5.74, 6) is 0.979. The Bertz CT molecular complexity index is 522. The second-order valence-electron chi connectivity index (χ2n) is 5.03. The second kappa shape index (κ2) is 7.46. The third kappa shape index (κ3) is 3.84. The molecule has 2 nitrogen and oxygen atoms in total. The van der Waals surface area contributed by atoms with Crippen LogP contribution < -0.4 is 10.1 Å². The number of hydrogen-bond donors (Lipinski definition) is 1. The maximum Gasteiger partial charge on any atom is 0.123 e. The molecule has 2 aromatic rings. The van der Waals surface area contributed by atoms with Crippen molar-refractivity contribution in [1.29, 1.82) is 0 Å². The molecule has 1 unspecified atom stereocenters. The van der Waals surface area contributed by atoms with Crippen molar-refractivity contribution in [3.8, 4) is 5.75 Å². The quantitative estimate of drug-likeness (QED) is 0.818. The first-order valence-corrected chi connectivity index (χ1v) is 8.08. The van der Waals surface area contributed by atoms with Crippen molar-refractivity contribution in [1.82, 2.24) is 5.32 Å². The summed E-state index contributed by atoms with van der Waals surface area (Å²) in [7, 11) is 1.75. The van der Waals surface area contributed by atoms with Crippen LogP contribution in [0.15, 0.2) is 35.0 Å². The Morgan fingerprint density at radius 3 is 2.80 bits per heavy atom. The Hall–Kier alpha value is -1.32. The van der Waals surface area contributed by atoms with Gasteiger partial charge in [0.05, 0.1) is 7.11 Å². The van der Waals surface area contributed by atoms with Crippen molar-refractivity contribution in [2.75, 3.05) is 13.7 Å². The average molecular weight is 289 g/mol. The van der Waals surface area contributed by atoms with E-state index in [4.69, 9.17) is 4.74 Å². The lowest BCUT2D eigenvalue weighted by atomic mass is 9.97. The van der Waals surface area contributed by atoms with Gasteiger partial charge in [-0.05, 0) is 54.8 Å². The van der Waals surface area contributed by atoms with Gasteiger partial charge < -0.3 is 10.1 Å².